The van der Waals surface area contributed by atoms with Crippen LogP contribution in [-0.4, -0.2) is 4.48 Å². The van der Waals surface area contributed by atoms with Gasteiger partial charge in [0.1, 0.15) is 26.2 Å². The van der Waals surface area contributed by atoms with Gasteiger partial charge in [-0.05, 0) is 94.7 Å². The van der Waals surface area contributed by atoms with Crippen LogP contribution in [0.5, 0.6) is 0 Å². The summed E-state index contributed by atoms with van der Waals surface area (Å²) in [6.07, 6.45) is 0. The van der Waals surface area contributed by atoms with Crippen LogP contribution in [0.4, 0.5) is 13.2 Å². The van der Waals surface area contributed by atoms with E-state index in [0.29, 0.717) is 17.7 Å². The summed E-state index contributed by atoms with van der Waals surface area (Å²) >= 11 is 0. The van der Waals surface area contributed by atoms with Gasteiger partial charge >= 0.3 is 0 Å². The molecule has 266 valence electrons. The lowest BCUT2D eigenvalue weighted by Gasteiger charge is -2.38. The molecular formula is C50H33BrF3N. The van der Waals surface area contributed by atoms with Crippen molar-refractivity contribution in [3.63, 3.8) is 0 Å². The van der Waals surface area contributed by atoms with E-state index in [0.717, 1.165) is 63.5 Å². The SMILES string of the molecule is Fc1cc(-c2cc3c(c4ccccc24)-c2c(ccc4ccccc24)C[N+]2(Cc4ccc5ccccc5c4-c4c(ccc5ccccc45)C2)C3)cc(F)c1F.[Br-]. The zero-order chi connectivity index (χ0) is 36.1. The van der Waals surface area contributed by atoms with Crippen LogP contribution in [0.25, 0.3) is 76.5 Å². The van der Waals surface area contributed by atoms with Crippen LogP contribution in [0.3, 0.4) is 0 Å². The van der Waals surface area contributed by atoms with E-state index in [4.69, 9.17) is 0 Å². The van der Waals surface area contributed by atoms with Crippen molar-refractivity contribution in [3.8, 4) is 33.4 Å². The van der Waals surface area contributed by atoms with Gasteiger partial charge in [-0.3, -0.25) is 0 Å². The predicted molar refractivity (Wildman–Crippen MR) is 214 cm³/mol. The summed E-state index contributed by atoms with van der Waals surface area (Å²) in [6, 6.07) is 52.2. The number of hydrogen-bond donors (Lipinski definition) is 0. The molecule has 11 rings (SSSR count). The fourth-order valence-electron chi connectivity index (χ4n) is 9.81. The molecule has 0 N–H and O–H groups in total. The van der Waals surface area contributed by atoms with E-state index in [1.807, 2.05) is 18.2 Å². The number of halogens is 4. The number of hydrogen-bond acceptors (Lipinski definition) is 0. The quantitative estimate of drug-likeness (QED) is 0.115. The third-order valence-corrected chi connectivity index (χ3v) is 12.0. The summed E-state index contributed by atoms with van der Waals surface area (Å²) in [5.74, 6) is -3.84. The maximum atomic E-state index is 14.9. The molecular weight excluding hydrogens is 751 g/mol. The van der Waals surface area contributed by atoms with Crippen LogP contribution in [0, 0.1) is 17.5 Å². The molecule has 0 aromatic heterocycles. The maximum absolute atomic E-state index is 14.9. The van der Waals surface area contributed by atoms with Gasteiger partial charge in [-0.25, -0.2) is 13.2 Å². The molecule has 9 aromatic rings. The Morgan fingerprint density at radius 3 is 1.18 bits per heavy atom. The molecule has 0 fully saturated rings. The summed E-state index contributed by atoms with van der Waals surface area (Å²) in [6.45, 7) is 3.05. The molecule has 2 heterocycles. The van der Waals surface area contributed by atoms with Crippen LogP contribution >= 0.6 is 0 Å². The third-order valence-electron chi connectivity index (χ3n) is 12.0. The van der Waals surface area contributed by atoms with Crippen molar-refractivity contribution in [3.05, 3.63) is 191 Å². The van der Waals surface area contributed by atoms with Crippen molar-refractivity contribution in [2.24, 2.45) is 0 Å². The molecule has 0 bridgehead atoms. The van der Waals surface area contributed by atoms with Gasteiger partial charge in [-0.15, -0.1) is 0 Å². The summed E-state index contributed by atoms with van der Waals surface area (Å²) < 4.78 is 44.9. The molecule has 9 aromatic carbocycles. The first-order valence-corrected chi connectivity index (χ1v) is 18.5. The fourth-order valence-corrected chi connectivity index (χ4v) is 9.81. The molecule has 0 saturated carbocycles. The Labute approximate surface area is 327 Å². The lowest BCUT2D eigenvalue weighted by atomic mass is 9.85. The van der Waals surface area contributed by atoms with E-state index in [-0.39, 0.29) is 17.0 Å². The first-order chi connectivity index (χ1) is 26.4. The molecule has 2 aliphatic heterocycles. The van der Waals surface area contributed by atoms with Crippen molar-refractivity contribution in [1.82, 2.24) is 0 Å². The molecule has 5 heteroatoms. The van der Waals surface area contributed by atoms with E-state index in [1.165, 1.54) is 60.3 Å². The standard InChI is InChI=1S/C50H33F3N.BrH/c51-44-24-36(25-45(52)50(44)53)43-23-37-29-54(28-35-22-19-32-11-3-6-14-40(32)48(35)49(37)42-16-8-7-15-41(42)43)26-33-20-17-30-9-1-4-12-38(30)46(33)47-34(27-54)21-18-31-10-2-5-13-39(31)47;/h1-25H,26-29H2;1H/q+1;/p-1. The average molecular weight is 785 g/mol. The topological polar surface area (TPSA) is 0 Å². The highest BCUT2D eigenvalue weighted by Gasteiger charge is 2.40. The molecule has 0 unspecified atom stereocenters. The first-order valence-electron chi connectivity index (χ1n) is 18.5. The molecule has 55 heavy (non-hydrogen) atoms. The van der Waals surface area contributed by atoms with E-state index in [1.54, 1.807) is 0 Å². The van der Waals surface area contributed by atoms with Gasteiger partial charge in [-0.2, -0.15) is 0 Å². The maximum Gasteiger partial charge on any atom is 0.194 e. The summed E-state index contributed by atoms with van der Waals surface area (Å²) in [5.41, 5.74) is 11.0. The van der Waals surface area contributed by atoms with Crippen molar-refractivity contribution in [1.29, 1.82) is 0 Å². The van der Waals surface area contributed by atoms with Gasteiger partial charge in [0.2, 0.25) is 0 Å². The minimum absolute atomic E-state index is 0. The molecule has 0 saturated heterocycles. The molecule has 1 spiro atoms. The smallest absolute Gasteiger partial charge is 0.194 e. The Balaban J connectivity index is 0.00000372. The molecule has 2 aliphatic rings. The van der Waals surface area contributed by atoms with Gasteiger partial charge in [0.15, 0.2) is 17.5 Å². The minimum Gasteiger partial charge on any atom is -1.00 e. The molecule has 0 atom stereocenters. The predicted octanol–water partition coefficient (Wildman–Crippen LogP) is 10.3. The van der Waals surface area contributed by atoms with Crippen LogP contribution < -0.4 is 17.0 Å². The highest BCUT2D eigenvalue weighted by molar-refractivity contribution is 6.12. The Kier molecular flexibility index (Phi) is 7.78. The van der Waals surface area contributed by atoms with Gasteiger partial charge in [0, 0.05) is 22.3 Å². The van der Waals surface area contributed by atoms with Gasteiger partial charge < -0.3 is 21.5 Å². The number of nitrogens with zero attached hydrogens (tertiary/aromatic N) is 1. The minimum atomic E-state index is -1.45. The first kappa shape index (κ1) is 33.8. The van der Waals surface area contributed by atoms with E-state index >= 15 is 0 Å². The Morgan fingerprint density at radius 1 is 0.364 bits per heavy atom. The molecule has 1 nitrogen and oxygen atoms in total. The average Bonchev–Trinajstić information content (AvgIpc) is 3.43. The van der Waals surface area contributed by atoms with E-state index < -0.39 is 17.5 Å². The summed E-state index contributed by atoms with van der Waals surface area (Å²) in [7, 11) is 0. The fraction of sp³-hybridized carbons (Fsp3) is 0.0800. The number of fused-ring (bicyclic) bond motifs is 14. The van der Waals surface area contributed by atoms with Crippen molar-refractivity contribution in [2.75, 3.05) is 0 Å². The largest absolute Gasteiger partial charge is 1.00 e. The lowest BCUT2D eigenvalue weighted by Crippen LogP contribution is -3.00. The van der Waals surface area contributed by atoms with Crippen molar-refractivity contribution in [2.45, 2.75) is 26.2 Å². The van der Waals surface area contributed by atoms with Gasteiger partial charge in [-0.1, -0.05) is 133 Å². The number of rotatable bonds is 1. The monoisotopic (exact) mass is 783 g/mol. The Morgan fingerprint density at radius 2 is 0.727 bits per heavy atom. The zero-order valence-corrected chi connectivity index (χ0v) is 31.3. The normalized spacial score (nSPS) is 14.2. The molecule has 0 radical (unpaired) electrons. The number of benzene rings is 9. The summed E-state index contributed by atoms with van der Waals surface area (Å²) in [5, 5.41) is 9.18. The van der Waals surface area contributed by atoms with Crippen molar-refractivity contribution < 1.29 is 34.6 Å². The van der Waals surface area contributed by atoms with E-state index in [2.05, 4.69) is 121 Å². The van der Waals surface area contributed by atoms with E-state index in [9.17, 15) is 13.2 Å². The Hall–Kier alpha value is -5.75. The van der Waals surface area contributed by atoms with Gasteiger partial charge in [0.25, 0.3) is 0 Å². The highest BCUT2D eigenvalue weighted by Crippen LogP contribution is 2.50. The van der Waals surface area contributed by atoms with Crippen molar-refractivity contribution >= 4 is 43.1 Å². The zero-order valence-electron chi connectivity index (χ0n) is 29.7. The van der Waals surface area contributed by atoms with Gasteiger partial charge in [0.05, 0.1) is 0 Å². The molecule has 0 aliphatic carbocycles. The van der Waals surface area contributed by atoms with Crippen LogP contribution in [0.2, 0.25) is 0 Å². The molecule has 0 amide bonds. The highest BCUT2D eigenvalue weighted by atomic mass is 79.9. The Bertz CT molecular complexity index is 2940. The number of quaternary nitrogens is 1. The van der Waals surface area contributed by atoms with Crippen LogP contribution in [0.1, 0.15) is 22.3 Å². The third kappa shape index (κ3) is 5.17. The van der Waals surface area contributed by atoms with Crippen LogP contribution in [0.15, 0.2) is 152 Å². The van der Waals surface area contributed by atoms with Crippen LogP contribution in [-0.2, 0) is 26.2 Å². The second-order valence-corrected chi connectivity index (χ2v) is 15.2. The lowest BCUT2D eigenvalue weighted by molar-refractivity contribution is -0.977. The second kappa shape index (κ2) is 12.7. The summed E-state index contributed by atoms with van der Waals surface area (Å²) in [4.78, 5) is 0. The second-order valence-electron chi connectivity index (χ2n) is 15.2.